The quantitative estimate of drug-likeness (QED) is 0.840. The molecule has 21 heavy (non-hydrogen) atoms. The first kappa shape index (κ1) is 15.5. The van der Waals surface area contributed by atoms with Crippen LogP contribution in [0.5, 0.6) is 0 Å². The molecule has 4 nitrogen and oxygen atoms in total. The Kier molecular flexibility index (Phi) is 4.99. The summed E-state index contributed by atoms with van der Waals surface area (Å²) in [5, 5.41) is 12.3. The van der Waals surface area contributed by atoms with E-state index in [0.717, 1.165) is 36.8 Å². The molecule has 4 heteroatoms. The maximum atomic E-state index is 12.4. The Hall–Kier alpha value is -1.84. The maximum Gasteiger partial charge on any atom is 0.308 e. The Labute approximate surface area is 125 Å². The molecule has 2 unspecified atom stereocenters. The van der Waals surface area contributed by atoms with E-state index in [0.29, 0.717) is 12.0 Å². The molecule has 0 bridgehead atoms. The summed E-state index contributed by atoms with van der Waals surface area (Å²) in [6, 6.07) is 5.31. The highest BCUT2D eigenvalue weighted by Crippen LogP contribution is 2.24. The fourth-order valence-electron chi connectivity index (χ4n) is 2.91. The molecule has 0 heterocycles. The predicted octanol–water partition coefficient (Wildman–Crippen LogP) is 3.07. The Morgan fingerprint density at radius 2 is 1.81 bits per heavy atom. The van der Waals surface area contributed by atoms with Crippen LogP contribution in [0.1, 0.15) is 53.6 Å². The molecule has 1 saturated carbocycles. The second-order valence-electron chi connectivity index (χ2n) is 5.96. The van der Waals surface area contributed by atoms with E-state index in [2.05, 4.69) is 5.32 Å². The Morgan fingerprint density at radius 3 is 2.48 bits per heavy atom. The zero-order valence-corrected chi connectivity index (χ0v) is 12.7. The van der Waals surface area contributed by atoms with Crippen molar-refractivity contribution < 1.29 is 14.7 Å². The van der Waals surface area contributed by atoms with Gasteiger partial charge in [0.1, 0.15) is 0 Å². The van der Waals surface area contributed by atoms with Gasteiger partial charge in [-0.25, -0.2) is 0 Å². The number of carboxylic acid groups (broad SMARTS) is 1. The van der Waals surface area contributed by atoms with Crippen molar-refractivity contribution in [3.63, 3.8) is 0 Å². The summed E-state index contributed by atoms with van der Waals surface area (Å²) in [7, 11) is 0. The molecule has 2 atom stereocenters. The summed E-state index contributed by atoms with van der Waals surface area (Å²) >= 11 is 0. The first-order valence-electron chi connectivity index (χ1n) is 7.60. The van der Waals surface area contributed by atoms with Crippen LogP contribution in [0.4, 0.5) is 0 Å². The van der Waals surface area contributed by atoms with Gasteiger partial charge in [0.15, 0.2) is 0 Å². The minimum Gasteiger partial charge on any atom is -0.481 e. The Bertz CT molecular complexity index is 539. The van der Waals surface area contributed by atoms with Gasteiger partial charge in [0.05, 0.1) is 5.92 Å². The highest BCUT2D eigenvalue weighted by atomic mass is 16.4. The molecule has 1 fully saturated rings. The summed E-state index contributed by atoms with van der Waals surface area (Å²) in [6.45, 7) is 3.97. The Morgan fingerprint density at radius 1 is 1.10 bits per heavy atom. The van der Waals surface area contributed by atoms with Crippen LogP contribution in [0.15, 0.2) is 18.2 Å². The predicted molar refractivity (Wildman–Crippen MR) is 81.4 cm³/mol. The number of benzene rings is 1. The van der Waals surface area contributed by atoms with Gasteiger partial charge >= 0.3 is 5.97 Å². The molecule has 1 aromatic carbocycles. The number of carbonyl (C=O) groups is 2. The van der Waals surface area contributed by atoms with E-state index in [1.807, 2.05) is 26.0 Å². The highest BCUT2D eigenvalue weighted by Gasteiger charge is 2.30. The van der Waals surface area contributed by atoms with Crippen LogP contribution in [-0.2, 0) is 4.79 Å². The largest absolute Gasteiger partial charge is 0.481 e. The third kappa shape index (κ3) is 3.84. The van der Waals surface area contributed by atoms with Gasteiger partial charge in [0, 0.05) is 11.6 Å². The lowest BCUT2D eigenvalue weighted by Gasteiger charge is -2.23. The number of carboxylic acids is 1. The number of amides is 1. The maximum absolute atomic E-state index is 12.4. The minimum atomic E-state index is -0.803. The van der Waals surface area contributed by atoms with E-state index in [-0.39, 0.29) is 11.9 Å². The summed E-state index contributed by atoms with van der Waals surface area (Å²) in [5.74, 6) is -1.44. The fourth-order valence-corrected chi connectivity index (χ4v) is 2.91. The number of aryl methyl sites for hydroxylation is 2. The number of nitrogens with one attached hydrogen (secondary N) is 1. The average molecular weight is 289 g/mol. The Balaban J connectivity index is 2.12. The van der Waals surface area contributed by atoms with Gasteiger partial charge in [-0.2, -0.15) is 0 Å². The number of carbonyl (C=O) groups excluding carboxylic acids is 1. The lowest BCUT2D eigenvalue weighted by Crippen LogP contribution is -2.42. The number of rotatable bonds is 3. The summed E-state index contributed by atoms with van der Waals surface area (Å²) in [5.41, 5.74) is 2.81. The van der Waals surface area contributed by atoms with Gasteiger partial charge < -0.3 is 10.4 Å². The first-order chi connectivity index (χ1) is 9.99. The van der Waals surface area contributed by atoms with Crippen LogP contribution < -0.4 is 5.32 Å². The minimum absolute atomic E-state index is 0.170. The van der Waals surface area contributed by atoms with Crippen LogP contribution in [0, 0.1) is 19.8 Å². The SMILES string of the molecule is Cc1ccc(C(=O)NC2CCCCCC2C(=O)O)cc1C. The van der Waals surface area contributed by atoms with E-state index in [9.17, 15) is 14.7 Å². The normalized spacial score (nSPS) is 22.4. The van der Waals surface area contributed by atoms with Gasteiger partial charge in [0.2, 0.25) is 0 Å². The molecule has 114 valence electrons. The molecule has 1 amide bonds. The van der Waals surface area contributed by atoms with Crippen molar-refractivity contribution >= 4 is 11.9 Å². The van der Waals surface area contributed by atoms with Crippen molar-refractivity contribution in [2.24, 2.45) is 5.92 Å². The summed E-state index contributed by atoms with van der Waals surface area (Å²) in [6.07, 6.45) is 4.33. The van der Waals surface area contributed by atoms with Gasteiger partial charge in [0.25, 0.3) is 5.91 Å². The summed E-state index contributed by atoms with van der Waals surface area (Å²) in [4.78, 5) is 23.7. The molecule has 2 rings (SSSR count). The van der Waals surface area contributed by atoms with E-state index >= 15 is 0 Å². The molecular formula is C17H23NO3. The van der Waals surface area contributed by atoms with E-state index in [1.54, 1.807) is 6.07 Å². The van der Waals surface area contributed by atoms with Crippen molar-refractivity contribution in [2.75, 3.05) is 0 Å². The topological polar surface area (TPSA) is 66.4 Å². The van der Waals surface area contributed by atoms with Crippen LogP contribution in [0.25, 0.3) is 0 Å². The summed E-state index contributed by atoms with van der Waals surface area (Å²) < 4.78 is 0. The molecule has 0 aliphatic heterocycles. The second-order valence-corrected chi connectivity index (χ2v) is 5.96. The molecule has 0 spiro atoms. The monoisotopic (exact) mass is 289 g/mol. The molecule has 0 saturated heterocycles. The third-order valence-corrected chi connectivity index (χ3v) is 4.42. The van der Waals surface area contributed by atoms with Crippen molar-refractivity contribution in [3.8, 4) is 0 Å². The van der Waals surface area contributed by atoms with Crippen molar-refractivity contribution in [1.82, 2.24) is 5.32 Å². The second kappa shape index (κ2) is 6.74. The number of aliphatic carboxylic acids is 1. The molecule has 2 N–H and O–H groups in total. The van der Waals surface area contributed by atoms with E-state index in [4.69, 9.17) is 0 Å². The van der Waals surface area contributed by atoms with Crippen molar-refractivity contribution in [2.45, 2.75) is 52.0 Å². The van der Waals surface area contributed by atoms with Gasteiger partial charge in [-0.05, 0) is 49.9 Å². The molecule has 1 aliphatic carbocycles. The zero-order chi connectivity index (χ0) is 15.4. The van der Waals surface area contributed by atoms with Gasteiger partial charge in [-0.3, -0.25) is 9.59 Å². The van der Waals surface area contributed by atoms with Crippen LogP contribution >= 0.6 is 0 Å². The molecule has 1 aliphatic rings. The smallest absolute Gasteiger partial charge is 0.308 e. The van der Waals surface area contributed by atoms with Crippen molar-refractivity contribution in [1.29, 1.82) is 0 Å². The average Bonchev–Trinajstić information content (AvgIpc) is 2.67. The highest BCUT2D eigenvalue weighted by molar-refractivity contribution is 5.95. The fraction of sp³-hybridized carbons (Fsp3) is 0.529. The van der Waals surface area contributed by atoms with Gasteiger partial charge in [-0.1, -0.05) is 25.3 Å². The molecule has 0 aromatic heterocycles. The molecule has 0 radical (unpaired) electrons. The third-order valence-electron chi connectivity index (χ3n) is 4.42. The van der Waals surface area contributed by atoms with Crippen LogP contribution in [-0.4, -0.2) is 23.0 Å². The standard InChI is InChI=1S/C17H23NO3/c1-11-8-9-13(10-12(11)2)16(19)18-15-7-5-3-4-6-14(15)17(20)21/h8-10,14-15H,3-7H2,1-2H3,(H,18,19)(H,20,21). The van der Waals surface area contributed by atoms with E-state index in [1.165, 1.54) is 0 Å². The molecule has 1 aromatic rings. The van der Waals surface area contributed by atoms with E-state index < -0.39 is 11.9 Å². The molecular weight excluding hydrogens is 266 g/mol. The lowest BCUT2D eigenvalue weighted by molar-refractivity contribution is -0.142. The van der Waals surface area contributed by atoms with Crippen LogP contribution in [0.3, 0.4) is 0 Å². The lowest BCUT2D eigenvalue weighted by atomic mass is 9.94. The van der Waals surface area contributed by atoms with Crippen molar-refractivity contribution in [3.05, 3.63) is 34.9 Å². The number of hydrogen-bond acceptors (Lipinski definition) is 2. The zero-order valence-electron chi connectivity index (χ0n) is 12.7. The van der Waals surface area contributed by atoms with Gasteiger partial charge in [-0.15, -0.1) is 0 Å². The van der Waals surface area contributed by atoms with Crippen LogP contribution in [0.2, 0.25) is 0 Å². The number of hydrogen-bond donors (Lipinski definition) is 2. The first-order valence-corrected chi connectivity index (χ1v) is 7.60.